The minimum absolute atomic E-state index is 0.601. The van der Waals surface area contributed by atoms with Crippen LogP contribution in [0.2, 0.25) is 0 Å². The molecule has 46 valence electrons. The first-order valence-corrected chi connectivity index (χ1v) is 3.57. The average molecular weight is 119 g/mol. The molecule has 2 aliphatic heterocycles. The van der Waals surface area contributed by atoms with Crippen molar-refractivity contribution in [3.63, 3.8) is 0 Å². The number of hydrogen-bond donors (Lipinski definition) is 1. The lowest BCUT2D eigenvalue weighted by Gasteiger charge is -2.18. The monoisotopic (exact) mass is 119 g/mol. The molecule has 2 rings (SSSR count). The molecule has 0 saturated carbocycles. The second-order valence-corrected chi connectivity index (χ2v) is 2.99. The van der Waals surface area contributed by atoms with Crippen LogP contribution in [0.5, 0.6) is 0 Å². The van der Waals surface area contributed by atoms with E-state index in [2.05, 4.69) is 11.4 Å². The van der Waals surface area contributed by atoms with E-state index in [0.29, 0.717) is 12.1 Å². The van der Waals surface area contributed by atoms with Crippen LogP contribution in [-0.2, 0) is 0 Å². The molecule has 0 amide bonds. The van der Waals surface area contributed by atoms with Crippen LogP contribution in [0, 0.1) is 0 Å². The van der Waals surface area contributed by atoms with Crippen molar-refractivity contribution in [3.05, 3.63) is 11.5 Å². The molecule has 9 heavy (non-hydrogen) atoms. The number of hydrogen-bond acceptors (Lipinski definition) is 1. The molecule has 2 bridgehead atoms. The molecule has 2 aliphatic rings. The topological polar surface area (TPSA) is 12.0 Å². The fourth-order valence-corrected chi connectivity index (χ4v) is 1.75. The maximum atomic E-state index is 5.68. The van der Waals surface area contributed by atoms with Gasteiger partial charge in [0.25, 0.3) is 0 Å². The number of fused-ring (bicyclic) bond motifs is 2. The fraction of sp³-hybridized carbons (Fsp3) is 0.714. The van der Waals surface area contributed by atoms with Crippen LogP contribution in [0.25, 0.3) is 0 Å². The van der Waals surface area contributed by atoms with Gasteiger partial charge in [-0.05, 0) is 19.3 Å². The summed E-state index contributed by atoms with van der Waals surface area (Å²) >= 11 is 0. The molecule has 2 heteroatoms. The molecule has 0 aromatic heterocycles. The lowest BCUT2D eigenvalue weighted by Crippen LogP contribution is -2.32. The predicted octanol–water partition coefficient (Wildman–Crippen LogP) is 0.563. The minimum Gasteiger partial charge on any atom is -0.308 e. The van der Waals surface area contributed by atoms with Crippen molar-refractivity contribution in [1.82, 2.24) is 5.32 Å². The summed E-state index contributed by atoms with van der Waals surface area (Å²) in [4.78, 5) is 0. The third-order valence-electron chi connectivity index (χ3n) is 2.17. The van der Waals surface area contributed by atoms with Crippen LogP contribution in [0.3, 0.4) is 0 Å². The molecule has 2 heterocycles. The summed E-state index contributed by atoms with van der Waals surface area (Å²) in [5.74, 6) is 0. The van der Waals surface area contributed by atoms with Crippen molar-refractivity contribution >= 4 is 7.85 Å². The molecule has 2 atom stereocenters. The van der Waals surface area contributed by atoms with E-state index < -0.39 is 0 Å². The van der Waals surface area contributed by atoms with Crippen LogP contribution in [0.4, 0.5) is 0 Å². The third-order valence-corrected chi connectivity index (χ3v) is 2.17. The van der Waals surface area contributed by atoms with Crippen LogP contribution in [0.1, 0.15) is 19.3 Å². The summed E-state index contributed by atoms with van der Waals surface area (Å²) in [6.07, 6.45) is 5.81. The van der Waals surface area contributed by atoms with Gasteiger partial charge in [0.2, 0.25) is 0 Å². The Morgan fingerprint density at radius 2 is 2.44 bits per heavy atom. The van der Waals surface area contributed by atoms with Crippen LogP contribution in [-0.4, -0.2) is 19.9 Å². The minimum atomic E-state index is 0.601. The maximum Gasteiger partial charge on any atom is 0.107 e. The quantitative estimate of drug-likeness (QED) is 0.459. The van der Waals surface area contributed by atoms with Gasteiger partial charge in [0.05, 0.1) is 0 Å². The smallest absolute Gasteiger partial charge is 0.107 e. The lowest BCUT2D eigenvalue weighted by molar-refractivity contribution is 0.561. The van der Waals surface area contributed by atoms with Gasteiger partial charge in [0.1, 0.15) is 7.85 Å². The van der Waals surface area contributed by atoms with Crippen LogP contribution in [0.15, 0.2) is 11.5 Å². The Hall–Kier alpha value is -0.235. The largest absolute Gasteiger partial charge is 0.308 e. The van der Waals surface area contributed by atoms with Gasteiger partial charge in [-0.1, -0.05) is 6.08 Å². The summed E-state index contributed by atoms with van der Waals surface area (Å²) in [7, 11) is 5.68. The Labute approximate surface area is 56.9 Å². The summed E-state index contributed by atoms with van der Waals surface area (Å²) in [6, 6.07) is 1.30. The molecule has 1 nitrogen and oxygen atoms in total. The average Bonchev–Trinajstić information content (AvgIpc) is 2.11. The van der Waals surface area contributed by atoms with E-state index in [-0.39, 0.29) is 0 Å². The molecular weight excluding hydrogens is 109 g/mol. The van der Waals surface area contributed by atoms with Gasteiger partial charge in [-0.2, -0.15) is 0 Å². The first kappa shape index (κ1) is 5.54. The zero-order valence-corrected chi connectivity index (χ0v) is 5.43. The first-order valence-electron chi connectivity index (χ1n) is 3.57. The molecule has 1 N–H and O–H groups in total. The van der Waals surface area contributed by atoms with Crippen molar-refractivity contribution in [1.29, 1.82) is 0 Å². The molecule has 0 aromatic rings. The Balaban J connectivity index is 2.19. The Morgan fingerprint density at radius 1 is 1.56 bits per heavy atom. The highest BCUT2D eigenvalue weighted by Crippen LogP contribution is 2.23. The summed E-state index contributed by atoms with van der Waals surface area (Å²) in [6.45, 7) is 0. The van der Waals surface area contributed by atoms with E-state index in [4.69, 9.17) is 7.85 Å². The standard InChI is InChI=1S/C7H10BN/c8-5-3-6-1-2-7(4-5)9-6/h3,6-7,9H,1-2,4H2. The second-order valence-electron chi connectivity index (χ2n) is 2.99. The van der Waals surface area contributed by atoms with Crippen molar-refractivity contribution < 1.29 is 0 Å². The van der Waals surface area contributed by atoms with E-state index >= 15 is 0 Å². The summed E-state index contributed by atoms with van der Waals surface area (Å²) < 4.78 is 0. The summed E-state index contributed by atoms with van der Waals surface area (Å²) in [5, 5.41) is 3.46. The van der Waals surface area contributed by atoms with Crippen molar-refractivity contribution in [2.24, 2.45) is 0 Å². The molecule has 1 fully saturated rings. The van der Waals surface area contributed by atoms with Gasteiger partial charge in [-0.15, -0.1) is 5.47 Å². The fourth-order valence-electron chi connectivity index (χ4n) is 1.75. The summed E-state index contributed by atoms with van der Waals surface area (Å²) in [5.41, 5.74) is 1.08. The second kappa shape index (κ2) is 1.88. The zero-order valence-electron chi connectivity index (χ0n) is 5.43. The molecule has 2 radical (unpaired) electrons. The first-order chi connectivity index (χ1) is 4.34. The predicted molar refractivity (Wildman–Crippen MR) is 38.4 cm³/mol. The molecule has 0 aliphatic carbocycles. The van der Waals surface area contributed by atoms with Crippen molar-refractivity contribution in [2.45, 2.75) is 31.3 Å². The lowest BCUT2D eigenvalue weighted by atomic mass is 9.87. The van der Waals surface area contributed by atoms with Gasteiger partial charge in [-0.25, -0.2) is 0 Å². The van der Waals surface area contributed by atoms with E-state index in [1.807, 2.05) is 0 Å². The van der Waals surface area contributed by atoms with E-state index in [1.165, 1.54) is 12.8 Å². The SMILES string of the molecule is [B]C1=CC2CCC(C1)N2. The van der Waals surface area contributed by atoms with Crippen molar-refractivity contribution in [2.75, 3.05) is 0 Å². The molecule has 1 saturated heterocycles. The van der Waals surface area contributed by atoms with E-state index in [0.717, 1.165) is 11.9 Å². The molecule has 2 unspecified atom stereocenters. The van der Waals surface area contributed by atoms with Gasteiger partial charge in [0, 0.05) is 12.1 Å². The molecule has 0 spiro atoms. The molecular formula is C7H10BN. The van der Waals surface area contributed by atoms with Gasteiger partial charge < -0.3 is 5.32 Å². The number of nitrogens with one attached hydrogen (secondary N) is 1. The normalized spacial score (nSPS) is 40.7. The third kappa shape index (κ3) is 0.918. The highest BCUT2D eigenvalue weighted by atomic mass is 15.0. The van der Waals surface area contributed by atoms with Crippen LogP contribution < -0.4 is 5.32 Å². The Kier molecular flexibility index (Phi) is 1.15. The number of rotatable bonds is 0. The van der Waals surface area contributed by atoms with Gasteiger partial charge >= 0.3 is 0 Å². The van der Waals surface area contributed by atoms with E-state index in [1.54, 1.807) is 0 Å². The highest BCUT2D eigenvalue weighted by Gasteiger charge is 2.25. The van der Waals surface area contributed by atoms with E-state index in [9.17, 15) is 0 Å². The Morgan fingerprint density at radius 3 is 3.22 bits per heavy atom. The Bertz CT molecular complexity index is 153. The highest BCUT2D eigenvalue weighted by molar-refractivity contribution is 6.21. The zero-order chi connectivity index (χ0) is 6.27. The molecule has 0 aromatic carbocycles. The van der Waals surface area contributed by atoms with Crippen molar-refractivity contribution in [3.8, 4) is 0 Å². The maximum absolute atomic E-state index is 5.68. The van der Waals surface area contributed by atoms with Gasteiger partial charge in [0.15, 0.2) is 0 Å². The van der Waals surface area contributed by atoms with Gasteiger partial charge in [-0.3, -0.25) is 0 Å². The van der Waals surface area contributed by atoms with Crippen LogP contribution >= 0.6 is 0 Å².